The van der Waals surface area contributed by atoms with Gasteiger partial charge in [0.1, 0.15) is 0 Å². The molecule has 0 bridgehead atoms. The summed E-state index contributed by atoms with van der Waals surface area (Å²) in [7, 11) is 0. The van der Waals surface area contributed by atoms with Crippen molar-refractivity contribution in [3.05, 3.63) is 29.5 Å². The molecule has 0 radical (unpaired) electrons. The number of hydrogen-bond donors (Lipinski definition) is 1. The summed E-state index contributed by atoms with van der Waals surface area (Å²) in [6, 6.07) is 3.67. The van der Waals surface area contributed by atoms with Crippen LogP contribution >= 0.6 is 0 Å². The molecule has 0 aliphatic rings. The minimum atomic E-state index is -0.612. The van der Waals surface area contributed by atoms with Crippen molar-refractivity contribution in [3.63, 3.8) is 0 Å². The number of aliphatic hydroxyl groups excluding tert-OH is 1. The predicted molar refractivity (Wildman–Crippen MR) is 61.8 cm³/mol. The first-order valence-corrected chi connectivity index (χ1v) is 5.25. The van der Waals surface area contributed by atoms with E-state index >= 15 is 0 Å². The van der Waals surface area contributed by atoms with Gasteiger partial charge in [-0.25, -0.2) is 0 Å². The topological polar surface area (TPSA) is 46.3 Å². The smallest absolute Gasteiger partial charge is 0.167 e. The van der Waals surface area contributed by atoms with Crippen molar-refractivity contribution < 1.29 is 9.63 Å². The molecule has 1 aromatic heterocycles. The summed E-state index contributed by atoms with van der Waals surface area (Å²) in [6.45, 7) is 2.04. The van der Waals surface area contributed by atoms with E-state index in [9.17, 15) is 5.11 Å². The Morgan fingerprint density at radius 3 is 3.06 bits per heavy atom. The minimum absolute atomic E-state index is 0.323. The average Bonchev–Trinajstić information content (AvgIpc) is 2.75. The van der Waals surface area contributed by atoms with E-state index in [4.69, 9.17) is 10.9 Å². The molecular formula is C13H13NO2. The molecule has 0 fully saturated rings. The van der Waals surface area contributed by atoms with Crippen LogP contribution in [0.25, 0.3) is 11.0 Å². The van der Waals surface area contributed by atoms with Crippen molar-refractivity contribution in [1.82, 2.24) is 5.16 Å². The second-order valence-electron chi connectivity index (χ2n) is 3.65. The normalized spacial score (nSPS) is 12.6. The first kappa shape index (κ1) is 10.7. The van der Waals surface area contributed by atoms with Crippen molar-refractivity contribution in [3.8, 4) is 12.3 Å². The van der Waals surface area contributed by atoms with E-state index in [0.717, 1.165) is 28.5 Å². The Balaban J connectivity index is 2.56. The average molecular weight is 215 g/mol. The van der Waals surface area contributed by atoms with Crippen molar-refractivity contribution in [2.75, 3.05) is 0 Å². The zero-order chi connectivity index (χ0) is 11.5. The van der Waals surface area contributed by atoms with E-state index in [0.29, 0.717) is 6.42 Å². The van der Waals surface area contributed by atoms with Gasteiger partial charge in [0.05, 0.1) is 12.3 Å². The Kier molecular flexibility index (Phi) is 2.93. The summed E-state index contributed by atoms with van der Waals surface area (Å²) in [5.74, 6) is 2.47. The number of fused-ring (bicyclic) bond motifs is 1. The second-order valence-corrected chi connectivity index (χ2v) is 3.65. The molecule has 0 saturated heterocycles. The first-order chi connectivity index (χ1) is 7.77. The molecule has 16 heavy (non-hydrogen) atoms. The van der Waals surface area contributed by atoms with Crippen molar-refractivity contribution in [2.24, 2.45) is 0 Å². The fourth-order valence-electron chi connectivity index (χ4n) is 1.95. The highest BCUT2D eigenvalue weighted by atomic mass is 16.5. The van der Waals surface area contributed by atoms with Crippen LogP contribution in [0, 0.1) is 12.3 Å². The van der Waals surface area contributed by atoms with Crippen LogP contribution in [0.2, 0.25) is 0 Å². The summed E-state index contributed by atoms with van der Waals surface area (Å²) < 4.78 is 5.08. The molecule has 2 rings (SSSR count). The lowest BCUT2D eigenvalue weighted by atomic mass is 9.96. The number of hydrogen-bond acceptors (Lipinski definition) is 3. The van der Waals surface area contributed by atoms with Crippen LogP contribution in [0.4, 0.5) is 0 Å². The fourth-order valence-corrected chi connectivity index (χ4v) is 1.95. The van der Waals surface area contributed by atoms with Gasteiger partial charge in [0.15, 0.2) is 5.58 Å². The zero-order valence-corrected chi connectivity index (χ0v) is 9.10. The maximum absolute atomic E-state index is 9.94. The number of rotatable bonds is 3. The lowest BCUT2D eigenvalue weighted by Crippen LogP contribution is -2.01. The molecule has 0 amide bonds. The third kappa shape index (κ3) is 1.68. The third-order valence-corrected chi connectivity index (χ3v) is 2.71. The van der Waals surface area contributed by atoms with Crippen LogP contribution < -0.4 is 0 Å². The standard InChI is InChI=1S/C13H13NO2/c1-3-5-12(15)10-6-7-13-11(8-14-16-13)9(10)4-2/h1,6-8,12,15H,4-5H2,2H3. The second kappa shape index (κ2) is 4.38. The fraction of sp³-hybridized carbons (Fsp3) is 0.308. The molecule has 1 heterocycles. The molecule has 1 aromatic carbocycles. The third-order valence-electron chi connectivity index (χ3n) is 2.71. The van der Waals surface area contributed by atoms with Gasteiger partial charge in [0, 0.05) is 11.8 Å². The van der Waals surface area contributed by atoms with E-state index in [2.05, 4.69) is 11.1 Å². The predicted octanol–water partition coefficient (Wildman–Crippen LogP) is 2.45. The SMILES string of the molecule is C#CCC(O)c1ccc2oncc2c1CC. The van der Waals surface area contributed by atoms with Gasteiger partial charge in [-0.3, -0.25) is 0 Å². The van der Waals surface area contributed by atoms with Crippen molar-refractivity contribution >= 4 is 11.0 Å². The maximum atomic E-state index is 9.94. The molecule has 82 valence electrons. The van der Waals surface area contributed by atoms with Gasteiger partial charge >= 0.3 is 0 Å². The summed E-state index contributed by atoms with van der Waals surface area (Å²) in [5.41, 5.74) is 2.67. The lowest BCUT2D eigenvalue weighted by Gasteiger charge is -2.12. The number of nitrogens with zero attached hydrogens (tertiary/aromatic N) is 1. The van der Waals surface area contributed by atoms with Crippen molar-refractivity contribution in [2.45, 2.75) is 25.9 Å². The number of benzene rings is 1. The van der Waals surface area contributed by atoms with Gasteiger partial charge < -0.3 is 9.63 Å². The van der Waals surface area contributed by atoms with Crippen LogP contribution in [0.15, 0.2) is 22.9 Å². The van der Waals surface area contributed by atoms with Gasteiger partial charge in [-0.15, -0.1) is 12.3 Å². The molecule has 1 unspecified atom stereocenters. The zero-order valence-electron chi connectivity index (χ0n) is 9.10. The van der Waals surface area contributed by atoms with E-state index in [1.54, 1.807) is 6.20 Å². The molecule has 1 N–H and O–H groups in total. The highest BCUT2D eigenvalue weighted by Gasteiger charge is 2.14. The summed E-state index contributed by atoms with van der Waals surface area (Å²) in [6.07, 6.45) is 7.42. The van der Waals surface area contributed by atoms with Crippen molar-refractivity contribution in [1.29, 1.82) is 0 Å². The van der Waals surface area contributed by atoms with Gasteiger partial charge in [-0.05, 0) is 23.6 Å². The van der Waals surface area contributed by atoms with Crippen LogP contribution in [0.1, 0.15) is 30.6 Å². The molecule has 1 atom stereocenters. The Bertz CT molecular complexity index is 536. The van der Waals surface area contributed by atoms with Gasteiger partial charge in [0.25, 0.3) is 0 Å². The van der Waals surface area contributed by atoms with Crippen LogP contribution in [0.3, 0.4) is 0 Å². The van der Waals surface area contributed by atoms with Crippen LogP contribution in [-0.2, 0) is 6.42 Å². The molecule has 0 aliphatic carbocycles. The number of terminal acetylenes is 1. The van der Waals surface area contributed by atoms with Gasteiger partial charge in [0.2, 0.25) is 0 Å². The Hall–Kier alpha value is -1.79. The molecular weight excluding hydrogens is 202 g/mol. The van der Waals surface area contributed by atoms with Gasteiger partial charge in [-0.2, -0.15) is 0 Å². The van der Waals surface area contributed by atoms with E-state index in [1.807, 2.05) is 19.1 Å². The highest BCUT2D eigenvalue weighted by Crippen LogP contribution is 2.28. The number of aromatic nitrogens is 1. The Morgan fingerprint density at radius 2 is 2.38 bits per heavy atom. The molecule has 3 nitrogen and oxygen atoms in total. The van der Waals surface area contributed by atoms with E-state index in [1.165, 1.54) is 0 Å². The maximum Gasteiger partial charge on any atom is 0.167 e. The summed E-state index contributed by atoms with van der Waals surface area (Å²) in [5, 5.41) is 14.6. The highest BCUT2D eigenvalue weighted by molar-refractivity contribution is 5.81. The number of aryl methyl sites for hydroxylation is 1. The first-order valence-electron chi connectivity index (χ1n) is 5.25. The van der Waals surface area contributed by atoms with Gasteiger partial charge in [-0.1, -0.05) is 18.1 Å². The Morgan fingerprint density at radius 1 is 1.56 bits per heavy atom. The van der Waals surface area contributed by atoms with E-state index in [-0.39, 0.29) is 0 Å². The summed E-state index contributed by atoms with van der Waals surface area (Å²) in [4.78, 5) is 0. The van der Waals surface area contributed by atoms with Crippen LogP contribution in [-0.4, -0.2) is 10.3 Å². The quantitative estimate of drug-likeness (QED) is 0.800. The molecule has 2 aromatic rings. The molecule has 0 spiro atoms. The van der Waals surface area contributed by atoms with E-state index < -0.39 is 6.10 Å². The number of aliphatic hydroxyl groups is 1. The van der Waals surface area contributed by atoms with Crippen LogP contribution in [0.5, 0.6) is 0 Å². The lowest BCUT2D eigenvalue weighted by molar-refractivity contribution is 0.183. The molecule has 0 saturated carbocycles. The largest absolute Gasteiger partial charge is 0.387 e. The molecule has 3 heteroatoms. The monoisotopic (exact) mass is 215 g/mol. The minimum Gasteiger partial charge on any atom is -0.387 e. The molecule has 0 aliphatic heterocycles. The summed E-state index contributed by atoms with van der Waals surface area (Å²) >= 11 is 0. The Labute approximate surface area is 94.1 Å².